The lowest BCUT2D eigenvalue weighted by molar-refractivity contribution is -0.115. The minimum absolute atomic E-state index is 0.0532. The number of carbonyl (C=O) groups excluding carboxylic acids is 1. The molecular weight excluding hydrogens is 126 g/mol. The van der Waals surface area contributed by atoms with Gasteiger partial charge in [0.1, 0.15) is 0 Å². The average molecular weight is 137 g/mol. The summed E-state index contributed by atoms with van der Waals surface area (Å²) in [6.07, 6.45) is 2.44. The van der Waals surface area contributed by atoms with Crippen molar-refractivity contribution < 1.29 is 4.79 Å². The van der Waals surface area contributed by atoms with Crippen LogP contribution in [0.15, 0.2) is 22.9 Å². The number of nitrogens with two attached hydrogens (primary N) is 1. The maximum Gasteiger partial charge on any atom is 0.182 e. The van der Waals surface area contributed by atoms with Gasteiger partial charge in [-0.2, -0.15) is 0 Å². The normalized spacial score (nSPS) is 19.4. The lowest BCUT2D eigenvalue weighted by Gasteiger charge is -2.10. The van der Waals surface area contributed by atoms with Gasteiger partial charge in [-0.05, 0) is 19.4 Å². The van der Waals surface area contributed by atoms with E-state index in [1.165, 1.54) is 0 Å². The minimum Gasteiger partial charge on any atom is -0.396 e. The summed E-state index contributed by atoms with van der Waals surface area (Å²) in [5, 5.41) is 0. The van der Waals surface area contributed by atoms with Gasteiger partial charge in [0.2, 0.25) is 0 Å². The van der Waals surface area contributed by atoms with E-state index in [-0.39, 0.29) is 5.78 Å². The maximum absolute atomic E-state index is 11.0. The molecule has 0 aromatic carbocycles. The van der Waals surface area contributed by atoms with Gasteiger partial charge in [0, 0.05) is 6.42 Å². The van der Waals surface area contributed by atoms with E-state index in [4.69, 9.17) is 5.73 Å². The van der Waals surface area contributed by atoms with Crippen molar-refractivity contribution in [2.24, 2.45) is 5.73 Å². The number of hydrogen-bond acceptors (Lipinski definition) is 2. The molecule has 0 bridgehead atoms. The van der Waals surface area contributed by atoms with Crippen LogP contribution < -0.4 is 5.73 Å². The van der Waals surface area contributed by atoms with Gasteiger partial charge in [0.15, 0.2) is 5.78 Å². The van der Waals surface area contributed by atoms with Crippen molar-refractivity contribution in [2.75, 3.05) is 0 Å². The van der Waals surface area contributed by atoms with Crippen LogP contribution in [0.25, 0.3) is 0 Å². The van der Waals surface area contributed by atoms with Crippen molar-refractivity contribution >= 4 is 5.78 Å². The Morgan fingerprint density at radius 1 is 1.50 bits per heavy atom. The molecule has 0 spiro atoms. The van der Waals surface area contributed by atoms with E-state index in [9.17, 15) is 4.79 Å². The molecule has 2 heteroatoms. The van der Waals surface area contributed by atoms with Crippen molar-refractivity contribution in [1.82, 2.24) is 0 Å². The fraction of sp³-hybridized carbons (Fsp3) is 0.375. The molecule has 0 atom stereocenters. The van der Waals surface area contributed by atoms with Gasteiger partial charge in [-0.3, -0.25) is 4.79 Å². The number of hydrogen-bond donors (Lipinski definition) is 1. The second-order valence-corrected chi connectivity index (χ2v) is 2.69. The predicted octanol–water partition coefficient (Wildman–Crippen LogP) is 1.14. The van der Waals surface area contributed by atoms with Crippen LogP contribution in [0.3, 0.4) is 0 Å². The summed E-state index contributed by atoms with van der Waals surface area (Å²) in [5.41, 5.74) is 7.88. The molecular formula is C8H11NO. The molecule has 1 rings (SSSR count). The van der Waals surface area contributed by atoms with Crippen LogP contribution in [0.2, 0.25) is 0 Å². The van der Waals surface area contributed by atoms with Gasteiger partial charge in [-0.1, -0.05) is 11.6 Å². The van der Waals surface area contributed by atoms with E-state index in [0.29, 0.717) is 12.1 Å². The quantitative estimate of drug-likeness (QED) is 0.544. The molecule has 0 fully saturated rings. The second kappa shape index (κ2) is 2.29. The van der Waals surface area contributed by atoms with Crippen LogP contribution in [0.5, 0.6) is 0 Å². The van der Waals surface area contributed by atoms with Crippen molar-refractivity contribution in [1.29, 1.82) is 0 Å². The summed E-state index contributed by atoms with van der Waals surface area (Å²) in [6, 6.07) is 0. The zero-order valence-corrected chi connectivity index (χ0v) is 6.27. The molecule has 0 unspecified atom stereocenters. The molecule has 1 aliphatic carbocycles. The number of Topliss-reactive ketones (excluding diaryl/α,β-unsaturated/α-hetero) is 1. The molecule has 2 N–H and O–H groups in total. The standard InChI is InChI=1S/C8H11NO/c1-5-3-6(2)8(9)7(10)4-5/h3H,4,9H2,1-2H3. The highest BCUT2D eigenvalue weighted by Crippen LogP contribution is 2.16. The van der Waals surface area contributed by atoms with Crippen LogP contribution in [-0.4, -0.2) is 5.78 Å². The maximum atomic E-state index is 11.0. The molecule has 0 aromatic heterocycles. The second-order valence-electron chi connectivity index (χ2n) is 2.69. The Kier molecular flexibility index (Phi) is 1.62. The molecule has 0 aliphatic heterocycles. The van der Waals surface area contributed by atoms with E-state index in [2.05, 4.69) is 0 Å². The molecule has 2 nitrogen and oxygen atoms in total. The smallest absolute Gasteiger partial charge is 0.182 e. The van der Waals surface area contributed by atoms with Crippen LogP contribution in [-0.2, 0) is 4.79 Å². The first-order valence-electron chi connectivity index (χ1n) is 3.28. The van der Waals surface area contributed by atoms with Gasteiger partial charge < -0.3 is 5.73 Å². The Bertz CT molecular complexity index is 236. The number of ketones is 1. The number of rotatable bonds is 0. The molecule has 0 aromatic rings. The molecule has 0 amide bonds. The van der Waals surface area contributed by atoms with Crippen molar-refractivity contribution in [3.8, 4) is 0 Å². The third-order valence-electron chi connectivity index (χ3n) is 1.63. The first kappa shape index (κ1) is 7.06. The topological polar surface area (TPSA) is 43.1 Å². The highest BCUT2D eigenvalue weighted by Gasteiger charge is 2.13. The third kappa shape index (κ3) is 1.10. The van der Waals surface area contributed by atoms with Crippen LogP contribution in [0.1, 0.15) is 20.3 Å². The van der Waals surface area contributed by atoms with Gasteiger partial charge in [-0.15, -0.1) is 0 Å². The first-order chi connectivity index (χ1) is 4.61. The largest absolute Gasteiger partial charge is 0.396 e. The average Bonchev–Trinajstić information content (AvgIpc) is 1.82. The van der Waals surface area contributed by atoms with Crippen LogP contribution in [0.4, 0.5) is 0 Å². The summed E-state index contributed by atoms with van der Waals surface area (Å²) in [4.78, 5) is 11.0. The molecule has 0 saturated heterocycles. The number of allylic oxidation sites excluding steroid dienone is 4. The van der Waals surface area contributed by atoms with Crippen LogP contribution >= 0.6 is 0 Å². The molecule has 0 radical (unpaired) electrons. The lowest BCUT2D eigenvalue weighted by Crippen LogP contribution is -2.16. The minimum atomic E-state index is 0.0532. The van der Waals surface area contributed by atoms with E-state index in [1.807, 2.05) is 19.9 Å². The summed E-state index contributed by atoms with van der Waals surface area (Å²) in [7, 11) is 0. The van der Waals surface area contributed by atoms with Gasteiger partial charge >= 0.3 is 0 Å². The lowest BCUT2D eigenvalue weighted by atomic mass is 9.98. The monoisotopic (exact) mass is 137 g/mol. The summed E-state index contributed by atoms with van der Waals surface area (Å²) in [6.45, 7) is 3.80. The van der Waals surface area contributed by atoms with Crippen LogP contribution in [0, 0.1) is 0 Å². The Hall–Kier alpha value is -1.05. The zero-order valence-electron chi connectivity index (χ0n) is 6.27. The van der Waals surface area contributed by atoms with E-state index in [0.717, 1.165) is 11.1 Å². The summed E-state index contributed by atoms with van der Waals surface area (Å²) >= 11 is 0. The molecule has 1 aliphatic rings. The van der Waals surface area contributed by atoms with Gasteiger partial charge in [-0.25, -0.2) is 0 Å². The van der Waals surface area contributed by atoms with Crippen molar-refractivity contribution in [2.45, 2.75) is 20.3 Å². The Labute approximate surface area is 60.4 Å². The molecule has 0 saturated carbocycles. The Morgan fingerprint density at radius 2 is 2.10 bits per heavy atom. The fourth-order valence-electron chi connectivity index (χ4n) is 1.07. The van der Waals surface area contributed by atoms with Crippen molar-refractivity contribution in [3.05, 3.63) is 22.9 Å². The van der Waals surface area contributed by atoms with Gasteiger partial charge in [0.25, 0.3) is 0 Å². The van der Waals surface area contributed by atoms with Gasteiger partial charge in [0.05, 0.1) is 5.70 Å². The first-order valence-corrected chi connectivity index (χ1v) is 3.28. The molecule has 54 valence electrons. The highest BCUT2D eigenvalue weighted by atomic mass is 16.1. The predicted molar refractivity (Wildman–Crippen MR) is 40.3 cm³/mol. The molecule has 10 heavy (non-hydrogen) atoms. The number of carbonyl (C=O) groups is 1. The Morgan fingerprint density at radius 3 is 2.60 bits per heavy atom. The SMILES string of the molecule is CC1=CC(C)=C(N)C(=O)C1. The van der Waals surface area contributed by atoms with E-state index in [1.54, 1.807) is 0 Å². The highest BCUT2D eigenvalue weighted by molar-refractivity contribution is 5.98. The fourth-order valence-corrected chi connectivity index (χ4v) is 1.07. The van der Waals surface area contributed by atoms with E-state index < -0.39 is 0 Å². The Balaban J connectivity index is 3.03. The molecule has 0 heterocycles. The third-order valence-corrected chi connectivity index (χ3v) is 1.63. The zero-order chi connectivity index (χ0) is 7.72. The van der Waals surface area contributed by atoms with Crippen molar-refractivity contribution in [3.63, 3.8) is 0 Å². The summed E-state index contributed by atoms with van der Waals surface area (Å²) < 4.78 is 0. The van der Waals surface area contributed by atoms with E-state index >= 15 is 0 Å². The summed E-state index contributed by atoms with van der Waals surface area (Å²) in [5.74, 6) is 0.0532.